The van der Waals surface area contributed by atoms with Crippen LogP contribution in [0, 0.1) is 11.3 Å². The molecule has 0 aliphatic carbocycles. The summed E-state index contributed by atoms with van der Waals surface area (Å²) in [5.41, 5.74) is 1.66. The van der Waals surface area contributed by atoms with Gasteiger partial charge in [0.25, 0.3) is 0 Å². The molecule has 7 heteroatoms. The number of hydrogen-bond donors (Lipinski definition) is 0. The number of hydrogen-bond acceptors (Lipinski definition) is 4. The zero-order valence-corrected chi connectivity index (χ0v) is 17.9. The first-order chi connectivity index (χ1) is 15.3. The highest BCUT2D eigenvalue weighted by molar-refractivity contribution is 5.86. The predicted molar refractivity (Wildman–Crippen MR) is 116 cm³/mol. The van der Waals surface area contributed by atoms with Gasteiger partial charge in [0, 0.05) is 16.7 Å². The minimum absolute atomic E-state index is 0.300. The lowest BCUT2D eigenvalue weighted by Gasteiger charge is -2.20. The molecule has 32 heavy (non-hydrogen) atoms. The molecule has 0 aliphatic heterocycles. The maximum Gasteiger partial charge on any atom is 0.416 e. The van der Waals surface area contributed by atoms with Gasteiger partial charge in [-0.05, 0) is 49.7 Å². The largest absolute Gasteiger partial charge is 0.492 e. The first-order valence-corrected chi connectivity index (χ1v) is 10.0. The Hall–Kier alpha value is -3.66. The van der Waals surface area contributed by atoms with Gasteiger partial charge in [0.15, 0.2) is 11.5 Å². The Kier molecular flexibility index (Phi) is 6.94. The van der Waals surface area contributed by atoms with Crippen LogP contribution in [0.4, 0.5) is 13.2 Å². The van der Waals surface area contributed by atoms with Crippen LogP contribution in [-0.4, -0.2) is 20.3 Å². The van der Waals surface area contributed by atoms with Crippen LogP contribution in [0.25, 0.3) is 22.3 Å². The van der Waals surface area contributed by atoms with Crippen molar-refractivity contribution in [2.24, 2.45) is 0 Å². The number of para-hydroxylation sites is 1. The molecule has 3 aromatic carbocycles. The van der Waals surface area contributed by atoms with Crippen molar-refractivity contribution < 1.29 is 27.4 Å². The van der Waals surface area contributed by atoms with Gasteiger partial charge in [-0.3, -0.25) is 0 Å². The standard InChI is InChI=1S/C25H22F3NO3/c1-4-31-22-17(15-29)9-7-11-20(22)21-13-12-19(23(30-3)24(21)32-5-2)16-8-6-10-18(14-16)25(26,27)28/h6-14H,4-5H2,1-3H3. The van der Waals surface area contributed by atoms with Gasteiger partial charge < -0.3 is 14.2 Å². The lowest BCUT2D eigenvalue weighted by molar-refractivity contribution is -0.137. The summed E-state index contributed by atoms with van der Waals surface area (Å²) in [6, 6.07) is 15.8. The molecular formula is C25H22F3NO3. The average molecular weight is 441 g/mol. The van der Waals surface area contributed by atoms with E-state index in [0.717, 1.165) is 12.1 Å². The molecule has 0 radical (unpaired) electrons. The Morgan fingerprint density at radius 2 is 1.44 bits per heavy atom. The van der Waals surface area contributed by atoms with E-state index >= 15 is 0 Å². The summed E-state index contributed by atoms with van der Waals surface area (Å²) < 4.78 is 57.0. The van der Waals surface area contributed by atoms with Crippen LogP contribution in [0.15, 0.2) is 54.6 Å². The van der Waals surface area contributed by atoms with Crippen molar-refractivity contribution in [2.75, 3.05) is 20.3 Å². The van der Waals surface area contributed by atoms with E-state index in [2.05, 4.69) is 6.07 Å². The van der Waals surface area contributed by atoms with Gasteiger partial charge in [-0.1, -0.05) is 24.3 Å². The van der Waals surface area contributed by atoms with Crippen molar-refractivity contribution in [3.63, 3.8) is 0 Å². The summed E-state index contributed by atoms with van der Waals surface area (Å²) in [7, 11) is 1.44. The Labute approximate surface area is 184 Å². The molecule has 0 amide bonds. The van der Waals surface area contributed by atoms with Crippen LogP contribution in [0.3, 0.4) is 0 Å². The summed E-state index contributed by atoms with van der Waals surface area (Å²) >= 11 is 0. The number of nitrogens with zero attached hydrogens (tertiary/aromatic N) is 1. The molecule has 3 aromatic rings. The second-order valence-corrected chi connectivity index (χ2v) is 6.76. The van der Waals surface area contributed by atoms with Gasteiger partial charge in [-0.25, -0.2) is 0 Å². The van der Waals surface area contributed by atoms with Crippen molar-refractivity contribution in [1.82, 2.24) is 0 Å². The van der Waals surface area contributed by atoms with Crippen LogP contribution < -0.4 is 14.2 Å². The molecule has 4 nitrogen and oxygen atoms in total. The fraction of sp³-hybridized carbons (Fsp3) is 0.240. The van der Waals surface area contributed by atoms with E-state index in [1.54, 1.807) is 43.3 Å². The number of benzene rings is 3. The van der Waals surface area contributed by atoms with Crippen LogP contribution in [0.2, 0.25) is 0 Å². The second kappa shape index (κ2) is 9.65. The van der Waals surface area contributed by atoms with Crippen LogP contribution in [0.1, 0.15) is 25.0 Å². The molecule has 3 rings (SSSR count). The molecule has 0 heterocycles. The quantitative estimate of drug-likeness (QED) is 0.409. The number of ether oxygens (including phenoxy) is 3. The topological polar surface area (TPSA) is 51.5 Å². The van der Waals surface area contributed by atoms with Crippen molar-refractivity contribution in [3.05, 3.63) is 65.7 Å². The van der Waals surface area contributed by atoms with Gasteiger partial charge in [0.2, 0.25) is 0 Å². The molecule has 0 saturated heterocycles. The fourth-order valence-electron chi connectivity index (χ4n) is 3.49. The van der Waals surface area contributed by atoms with E-state index in [4.69, 9.17) is 14.2 Å². The molecule has 0 bridgehead atoms. The fourth-order valence-corrected chi connectivity index (χ4v) is 3.49. The SMILES string of the molecule is CCOc1c(C#N)cccc1-c1ccc(-c2cccc(C(F)(F)F)c2)c(OC)c1OCC. The third-order valence-electron chi connectivity index (χ3n) is 4.82. The summed E-state index contributed by atoms with van der Waals surface area (Å²) in [4.78, 5) is 0. The van der Waals surface area contributed by atoms with Crippen molar-refractivity contribution in [1.29, 1.82) is 5.26 Å². The molecular weight excluding hydrogens is 419 g/mol. The van der Waals surface area contributed by atoms with E-state index in [-0.39, 0.29) is 0 Å². The highest BCUT2D eigenvalue weighted by Gasteiger charge is 2.31. The van der Waals surface area contributed by atoms with Crippen molar-refractivity contribution in [2.45, 2.75) is 20.0 Å². The third kappa shape index (κ3) is 4.50. The highest BCUT2D eigenvalue weighted by Crippen LogP contribution is 2.48. The minimum Gasteiger partial charge on any atom is -0.492 e. The normalized spacial score (nSPS) is 11.0. The number of alkyl halides is 3. The van der Waals surface area contributed by atoms with Crippen molar-refractivity contribution >= 4 is 0 Å². The maximum absolute atomic E-state index is 13.2. The molecule has 0 fully saturated rings. The van der Waals surface area contributed by atoms with E-state index in [1.165, 1.54) is 13.2 Å². The molecule has 0 saturated carbocycles. The van der Waals surface area contributed by atoms with Gasteiger partial charge in [-0.15, -0.1) is 0 Å². The second-order valence-electron chi connectivity index (χ2n) is 6.76. The lowest BCUT2D eigenvalue weighted by Crippen LogP contribution is -2.05. The van der Waals surface area contributed by atoms with Gasteiger partial charge in [-0.2, -0.15) is 18.4 Å². The number of methoxy groups -OCH3 is 1. The van der Waals surface area contributed by atoms with Gasteiger partial charge in [0.1, 0.15) is 11.8 Å². The number of halogens is 3. The molecule has 0 N–H and O–H groups in total. The zero-order chi connectivity index (χ0) is 23.3. The monoisotopic (exact) mass is 441 g/mol. The van der Waals surface area contributed by atoms with Crippen molar-refractivity contribution in [3.8, 4) is 45.6 Å². The van der Waals surface area contributed by atoms with E-state index in [9.17, 15) is 18.4 Å². The average Bonchev–Trinajstić information content (AvgIpc) is 2.79. The number of nitriles is 1. The number of rotatable bonds is 7. The first-order valence-electron chi connectivity index (χ1n) is 10.0. The summed E-state index contributed by atoms with van der Waals surface area (Å²) in [5.74, 6) is 1.07. The molecule has 0 aromatic heterocycles. The molecule has 0 aliphatic rings. The zero-order valence-electron chi connectivity index (χ0n) is 17.9. The van der Waals surface area contributed by atoms with E-state index in [1.807, 2.05) is 6.92 Å². The van der Waals surface area contributed by atoms with E-state index < -0.39 is 11.7 Å². The first kappa shape index (κ1) is 23.0. The minimum atomic E-state index is -4.46. The summed E-state index contributed by atoms with van der Waals surface area (Å²) in [5, 5.41) is 9.50. The van der Waals surface area contributed by atoms with Gasteiger partial charge >= 0.3 is 6.18 Å². The van der Waals surface area contributed by atoms with Crippen LogP contribution in [0.5, 0.6) is 17.2 Å². The summed E-state index contributed by atoms with van der Waals surface area (Å²) in [6.07, 6.45) is -4.46. The lowest BCUT2D eigenvalue weighted by atomic mass is 9.95. The molecule has 0 unspecified atom stereocenters. The van der Waals surface area contributed by atoms with Crippen LogP contribution in [-0.2, 0) is 6.18 Å². The van der Waals surface area contributed by atoms with E-state index in [0.29, 0.717) is 58.3 Å². The molecule has 0 atom stereocenters. The highest BCUT2D eigenvalue weighted by atomic mass is 19.4. The Balaban J connectivity index is 2.27. The maximum atomic E-state index is 13.2. The Morgan fingerprint density at radius 3 is 2.06 bits per heavy atom. The Morgan fingerprint density at radius 1 is 0.812 bits per heavy atom. The molecule has 166 valence electrons. The Bertz CT molecular complexity index is 1150. The molecule has 0 spiro atoms. The van der Waals surface area contributed by atoms with Crippen LogP contribution >= 0.6 is 0 Å². The van der Waals surface area contributed by atoms with Gasteiger partial charge in [0.05, 0.1) is 31.5 Å². The third-order valence-corrected chi connectivity index (χ3v) is 4.82. The smallest absolute Gasteiger partial charge is 0.416 e. The predicted octanol–water partition coefficient (Wildman–Crippen LogP) is 6.72. The summed E-state index contributed by atoms with van der Waals surface area (Å²) in [6.45, 7) is 4.28.